The normalized spacial score (nSPS) is 18.5. The van der Waals surface area contributed by atoms with E-state index in [1.54, 1.807) is 0 Å². The zero-order valence-corrected chi connectivity index (χ0v) is 11.5. The highest BCUT2D eigenvalue weighted by atomic mass is 32.2. The third-order valence-corrected chi connectivity index (χ3v) is 4.03. The Balaban J connectivity index is 2.17. The number of carboxylic acid groups (broad SMARTS) is 2. The summed E-state index contributed by atoms with van der Waals surface area (Å²) in [5, 5.41) is 17.4. The van der Waals surface area contributed by atoms with Crippen molar-refractivity contribution in [2.75, 3.05) is 11.6 Å². The van der Waals surface area contributed by atoms with Gasteiger partial charge in [-0.2, -0.15) is 0 Å². The molecule has 0 aromatic rings. The van der Waals surface area contributed by atoms with E-state index in [0.29, 0.717) is 30.9 Å². The lowest BCUT2D eigenvalue weighted by Gasteiger charge is -2.20. The summed E-state index contributed by atoms with van der Waals surface area (Å²) in [7, 11) is 0. The molecule has 1 amide bonds. The second-order valence-electron chi connectivity index (χ2n) is 4.53. The monoisotopic (exact) mass is 289 g/mol. The smallest absolute Gasteiger partial charge is 0.327 e. The predicted octanol–water partition coefficient (Wildman–Crippen LogP) is 1.40. The molecule has 0 unspecified atom stereocenters. The minimum absolute atomic E-state index is 0.115. The van der Waals surface area contributed by atoms with E-state index < -0.39 is 18.0 Å². The number of amides is 1. The molecule has 0 aromatic carbocycles. The summed E-state index contributed by atoms with van der Waals surface area (Å²) in [5.41, 5.74) is 0. The Morgan fingerprint density at radius 2 is 1.68 bits per heavy atom. The van der Waals surface area contributed by atoms with E-state index in [2.05, 4.69) is 0 Å². The average Bonchev–Trinajstić information content (AvgIpc) is 2.82. The lowest BCUT2D eigenvalue weighted by atomic mass is 10.1. The topological polar surface area (TPSA) is 94.9 Å². The molecule has 108 valence electrons. The van der Waals surface area contributed by atoms with Gasteiger partial charge in [0.2, 0.25) is 5.91 Å². The fourth-order valence-corrected chi connectivity index (χ4v) is 3.11. The van der Waals surface area contributed by atoms with Crippen LogP contribution in [0, 0.1) is 0 Å². The molecule has 0 radical (unpaired) electrons. The van der Waals surface area contributed by atoms with Crippen LogP contribution >= 0.6 is 11.8 Å². The fourth-order valence-electron chi connectivity index (χ4n) is 1.94. The zero-order valence-electron chi connectivity index (χ0n) is 10.7. The van der Waals surface area contributed by atoms with Gasteiger partial charge in [-0.3, -0.25) is 9.59 Å². The first-order valence-electron chi connectivity index (χ1n) is 6.34. The van der Waals surface area contributed by atoms with Crippen molar-refractivity contribution < 1.29 is 24.6 Å². The number of hydrogen-bond donors (Lipinski definition) is 2. The second-order valence-corrected chi connectivity index (χ2v) is 5.53. The maximum atomic E-state index is 11.9. The average molecular weight is 289 g/mol. The Hall–Kier alpha value is -1.24. The van der Waals surface area contributed by atoms with Crippen LogP contribution in [0.4, 0.5) is 0 Å². The summed E-state index contributed by atoms with van der Waals surface area (Å²) in [4.78, 5) is 34.5. The number of carbonyl (C=O) groups excluding carboxylic acids is 1. The molecular weight excluding hydrogens is 270 g/mol. The van der Waals surface area contributed by atoms with Crippen LogP contribution in [0.25, 0.3) is 0 Å². The fraction of sp³-hybridized carbons (Fsp3) is 0.750. The van der Waals surface area contributed by atoms with Crippen molar-refractivity contribution in [3.63, 3.8) is 0 Å². The van der Waals surface area contributed by atoms with Crippen molar-refractivity contribution >= 4 is 29.6 Å². The first-order valence-corrected chi connectivity index (χ1v) is 7.49. The van der Waals surface area contributed by atoms with Crippen molar-refractivity contribution in [3.05, 3.63) is 0 Å². The number of hydrogen-bond acceptors (Lipinski definition) is 4. The molecule has 1 saturated heterocycles. The number of unbranched alkanes of at least 4 members (excludes halogenated alkanes) is 3. The van der Waals surface area contributed by atoms with Gasteiger partial charge in [-0.25, -0.2) is 4.79 Å². The second kappa shape index (κ2) is 8.04. The van der Waals surface area contributed by atoms with Crippen LogP contribution in [0.15, 0.2) is 0 Å². The van der Waals surface area contributed by atoms with Crippen molar-refractivity contribution in [2.45, 2.75) is 44.6 Å². The van der Waals surface area contributed by atoms with Gasteiger partial charge in [0.15, 0.2) is 0 Å². The van der Waals surface area contributed by atoms with Crippen LogP contribution < -0.4 is 0 Å². The molecule has 2 N–H and O–H groups in total. The minimum Gasteiger partial charge on any atom is -0.481 e. The lowest BCUT2D eigenvalue weighted by Crippen LogP contribution is -2.41. The first kappa shape index (κ1) is 15.8. The third kappa shape index (κ3) is 5.50. The van der Waals surface area contributed by atoms with Gasteiger partial charge in [0.25, 0.3) is 0 Å². The molecule has 1 aliphatic heterocycles. The summed E-state index contributed by atoms with van der Waals surface area (Å²) in [6.07, 6.45) is 3.41. The van der Waals surface area contributed by atoms with Crippen LogP contribution in [0.5, 0.6) is 0 Å². The molecule has 6 nitrogen and oxygen atoms in total. The molecule has 0 aromatic heterocycles. The van der Waals surface area contributed by atoms with Crippen molar-refractivity contribution in [1.29, 1.82) is 0 Å². The molecular formula is C12H19NO5S. The highest BCUT2D eigenvalue weighted by Crippen LogP contribution is 2.22. The molecule has 1 atom stereocenters. The van der Waals surface area contributed by atoms with Gasteiger partial charge in [0.05, 0.1) is 5.88 Å². The quantitative estimate of drug-likeness (QED) is 0.656. The van der Waals surface area contributed by atoms with E-state index in [-0.39, 0.29) is 12.3 Å². The maximum absolute atomic E-state index is 11.9. The Kier molecular flexibility index (Phi) is 6.69. The molecule has 0 aliphatic carbocycles. The standard InChI is InChI=1S/C12H19NO5S/c14-10(5-3-1-2-4-6-11(15)16)13-8-19-7-9(13)12(17)18/h9H,1-8H2,(H,15,16)(H,17,18)/t9-/m0/s1. The summed E-state index contributed by atoms with van der Waals surface area (Å²) < 4.78 is 0. The Labute approximate surface area is 116 Å². The largest absolute Gasteiger partial charge is 0.481 e. The zero-order chi connectivity index (χ0) is 14.3. The van der Waals surface area contributed by atoms with Gasteiger partial charge in [-0.15, -0.1) is 11.8 Å². The summed E-state index contributed by atoms with van der Waals surface area (Å²) in [5.74, 6) is -0.945. The first-order chi connectivity index (χ1) is 9.02. The van der Waals surface area contributed by atoms with Crippen LogP contribution in [-0.4, -0.2) is 50.6 Å². The van der Waals surface area contributed by atoms with Gasteiger partial charge in [0.1, 0.15) is 6.04 Å². The van der Waals surface area contributed by atoms with Gasteiger partial charge >= 0.3 is 11.9 Å². The van der Waals surface area contributed by atoms with Crippen molar-refractivity contribution in [3.8, 4) is 0 Å². The number of nitrogens with zero attached hydrogens (tertiary/aromatic N) is 1. The third-order valence-electron chi connectivity index (χ3n) is 3.02. The molecule has 1 fully saturated rings. The molecule has 0 bridgehead atoms. The Morgan fingerprint density at radius 3 is 2.26 bits per heavy atom. The van der Waals surface area contributed by atoms with Crippen LogP contribution in [0.1, 0.15) is 38.5 Å². The van der Waals surface area contributed by atoms with E-state index in [9.17, 15) is 14.4 Å². The Morgan fingerprint density at radius 1 is 1.05 bits per heavy atom. The van der Waals surface area contributed by atoms with Crippen LogP contribution in [0.2, 0.25) is 0 Å². The highest BCUT2D eigenvalue weighted by molar-refractivity contribution is 7.99. The SMILES string of the molecule is O=C(O)CCCCCCC(=O)N1CSC[C@H]1C(=O)O. The van der Waals surface area contributed by atoms with Gasteiger partial charge < -0.3 is 15.1 Å². The van der Waals surface area contributed by atoms with E-state index >= 15 is 0 Å². The van der Waals surface area contributed by atoms with E-state index in [1.165, 1.54) is 16.7 Å². The number of carboxylic acids is 2. The number of aliphatic carboxylic acids is 2. The highest BCUT2D eigenvalue weighted by Gasteiger charge is 2.33. The molecule has 19 heavy (non-hydrogen) atoms. The summed E-state index contributed by atoms with van der Waals surface area (Å²) >= 11 is 1.46. The van der Waals surface area contributed by atoms with Crippen molar-refractivity contribution in [1.82, 2.24) is 4.90 Å². The van der Waals surface area contributed by atoms with E-state index in [4.69, 9.17) is 10.2 Å². The predicted molar refractivity (Wildman–Crippen MR) is 70.9 cm³/mol. The molecule has 1 heterocycles. The van der Waals surface area contributed by atoms with Gasteiger partial charge in [-0.1, -0.05) is 12.8 Å². The molecule has 1 aliphatic rings. The van der Waals surface area contributed by atoms with Gasteiger partial charge in [-0.05, 0) is 12.8 Å². The Bertz CT molecular complexity index is 347. The molecule has 0 saturated carbocycles. The van der Waals surface area contributed by atoms with Crippen molar-refractivity contribution in [2.24, 2.45) is 0 Å². The molecule has 0 spiro atoms. The minimum atomic E-state index is -0.945. The van der Waals surface area contributed by atoms with Crippen LogP contribution in [0.3, 0.4) is 0 Å². The number of rotatable bonds is 8. The lowest BCUT2D eigenvalue weighted by molar-refractivity contribution is -0.147. The molecule has 7 heteroatoms. The number of carbonyl (C=O) groups is 3. The van der Waals surface area contributed by atoms with Crippen LogP contribution in [-0.2, 0) is 14.4 Å². The van der Waals surface area contributed by atoms with Gasteiger partial charge in [0, 0.05) is 18.6 Å². The molecule has 1 rings (SSSR count). The summed E-state index contributed by atoms with van der Waals surface area (Å²) in [6.45, 7) is 0. The van der Waals surface area contributed by atoms with E-state index in [1.807, 2.05) is 0 Å². The number of thioether (sulfide) groups is 1. The summed E-state index contributed by atoms with van der Waals surface area (Å²) in [6, 6.07) is -0.690. The van der Waals surface area contributed by atoms with E-state index in [0.717, 1.165) is 12.8 Å². The maximum Gasteiger partial charge on any atom is 0.327 e.